The number of nitrogens with zero attached hydrogens (tertiary/aromatic N) is 1. The Kier molecular flexibility index (Phi) is 4.09. The van der Waals surface area contributed by atoms with Gasteiger partial charge in [0, 0.05) is 4.47 Å². The third-order valence-electron chi connectivity index (χ3n) is 1.73. The maximum Gasteiger partial charge on any atom is 0.337 e. The van der Waals surface area contributed by atoms with Crippen LogP contribution in [0.4, 0.5) is 5.69 Å². The molecule has 0 radical (unpaired) electrons. The molecule has 0 aliphatic heterocycles. The molecule has 0 aromatic heterocycles. The topological polar surface area (TPSA) is 107 Å². The minimum atomic E-state index is -3.85. The van der Waals surface area contributed by atoms with Gasteiger partial charge in [-0.2, -0.15) is 5.26 Å². The van der Waals surface area contributed by atoms with Gasteiger partial charge in [-0.15, -0.1) is 0 Å². The van der Waals surface area contributed by atoms with Crippen LogP contribution in [0.3, 0.4) is 0 Å². The van der Waals surface area contributed by atoms with Crippen molar-refractivity contribution in [3.8, 4) is 6.07 Å². The molecule has 0 bridgehead atoms. The highest BCUT2D eigenvalue weighted by Gasteiger charge is 2.16. The molecule has 0 spiro atoms. The fourth-order valence-electron chi connectivity index (χ4n) is 1.08. The number of carbonyl (C=O) groups is 1. The van der Waals surface area contributed by atoms with Crippen LogP contribution in [-0.2, 0) is 10.0 Å². The quantitative estimate of drug-likeness (QED) is 0.872. The van der Waals surface area contributed by atoms with Crippen LogP contribution in [0.2, 0.25) is 0 Å². The van der Waals surface area contributed by atoms with Crippen molar-refractivity contribution in [3.63, 3.8) is 0 Å². The van der Waals surface area contributed by atoms with Crippen LogP contribution in [0.25, 0.3) is 0 Å². The number of benzene rings is 1. The van der Waals surface area contributed by atoms with E-state index in [-0.39, 0.29) is 11.3 Å². The van der Waals surface area contributed by atoms with Crippen LogP contribution in [0.15, 0.2) is 22.7 Å². The third-order valence-corrected chi connectivity index (χ3v) is 3.27. The van der Waals surface area contributed by atoms with Gasteiger partial charge in [0.15, 0.2) is 5.75 Å². The summed E-state index contributed by atoms with van der Waals surface area (Å²) in [5.74, 6) is -1.99. The molecule has 1 aromatic rings. The largest absolute Gasteiger partial charge is 0.478 e. The Labute approximate surface area is 106 Å². The lowest BCUT2D eigenvalue weighted by Gasteiger charge is -2.08. The van der Waals surface area contributed by atoms with Crippen LogP contribution < -0.4 is 4.72 Å². The molecule has 2 N–H and O–H groups in total. The van der Waals surface area contributed by atoms with E-state index in [1.54, 1.807) is 0 Å². The van der Waals surface area contributed by atoms with Crippen molar-refractivity contribution < 1.29 is 18.3 Å². The number of sulfonamides is 1. The number of nitriles is 1. The molecule has 8 heteroatoms. The van der Waals surface area contributed by atoms with Gasteiger partial charge in [0.05, 0.1) is 17.3 Å². The first kappa shape index (κ1) is 13.5. The van der Waals surface area contributed by atoms with Crippen LogP contribution >= 0.6 is 15.9 Å². The van der Waals surface area contributed by atoms with E-state index in [9.17, 15) is 13.2 Å². The Balaban J connectivity index is 3.18. The van der Waals surface area contributed by atoms with Crippen molar-refractivity contribution >= 4 is 37.6 Å². The first-order valence-corrected chi connectivity index (χ1v) is 6.70. The van der Waals surface area contributed by atoms with E-state index in [4.69, 9.17) is 10.4 Å². The molecule has 0 heterocycles. The summed E-state index contributed by atoms with van der Waals surface area (Å²) in [5.41, 5.74) is -0.267. The number of carboxylic acids is 1. The lowest BCUT2D eigenvalue weighted by atomic mass is 10.2. The predicted octanol–water partition coefficient (Wildman–Crippen LogP) is 1.41. The molecule has 0 aliphatic carbocycles. The molecular weight excluding hydrogens is 312 g/mol. The zero-order valence-corrected chi connectivity index (χ0v) is 10.7. The molecule has 0 aliphatic rings. The molecule has 1 rings (SSSR count). The molecule has 6 nitrogen and oxygen atoms in total. The van der Waals surface area contributed by atoms with E-state index in [1.807, 2.05) is 4.72 Å². The Morgan fingerprint density at radius 2 is 2.18 bits per heavy atom. The van der Waals surface area contributed by atoms with Crippen LogP contribution in [0.5, 0.6) is 0 Å². The molecule has 0 saturated carbocycles. The van der Waals surface area contributed by atoms with Gasteiger partial charge in [-0.1, -0.05) is 15.9 Å². The van der Waals surface area contributed by atoms with E-state index >= 15 is 0 Å². The zero-order valence-electron chi connectivity index (χ0n) is 8.34. The van der Waals surface area contributed by atoms with Gasteiger partial charge in [-0.25, -0.2) is 13.2 Å². The second-order valence-electron chi connectivity index (χ2n) is 3.01. The van der Waals surface area contributed by atoms with Crippen molar-refractivity contribution in [2.45, 2.75) is 0 Å². The molecule has 17 heavy (non-hydrogen) atoms. The first-order valence-electron chi connectivity index (χ1n) is 4.26. The third kappa shape index (κ3) is 3.72. The summed E-state index contributed by atoms with van der Waals surface area (Å²) < 4.78 is 25.3. The second kappa shape index (κ2) is 5.16. The number of hydrogen-bond acceptors (Lipinski definition) is 4. The van der Waals surface area contributed by atoms with Gasteiger partial charge in [0.1, 0.15) is 0 Å². The summed E-state index contributed by atoms with van der Waals surface area (Å²) in [5, 5.41) is 17.2. The van der Waals surface area contributed by atoms with Crippen LogP contribution in [0.1, 0.15) is 10.4 Å². The van der Waals surface area contributed by atoms with E-state index in [1.165, 1.54) is 24.3 Å². The van der Waals surface area contributed by atoms with E-state index in [0.717, 1.165) is 0 Å². The lowest BCUT2D eigenvalue weighted by molar-refractivity contribution is 0.0698. The van der Waals surface area contributed by atoms with Crippen LogP contribution in [0, 0.1) is 11.3 Å². The monoisotopic (exact) mass is 318 g/mol. The Bertz CT molecular complexity index is 592. The normalized spacial score (nSPS) is 10.6. The fourth-order valence-corrected chi connectivity index (χ4v) is 2.18. The lowest BCUT2D eigenvalue weighted by Crippen LogP contribution is -2.17. The summed E-state index contributed by atoms with van der Waals surface area (Å²) in [7, 11) is -3.85. The smallest absolute Gasteiger partial charge is 0.337 e. The molecular formula is C9H7BrN2O4S. The number of carboxylic acid groups (broad SMARTS) is 1. The van der Waals surface area contributed by atoms with Gasteiger partial charge < -0.3 is 5.11 Å². The number of nitrogens with one attached hydrogen (secondary N) is 1. The highest BCUT2D eigenvalue weighted by Crippen LogP contribution is 2.22. The van der Waals surface area contributed by atoms with E-state index < -0.39 is 21.7 Å². The molecule has 0 unspecified atom stereocenters. The van der Waals surface area contributed by atoms with Gasteiger partial charge in [-0.3, -0.25) is 4.72 Å². The van der Waals surface area contributed by atoms with Crippen molar-refractivity contribution in [1.82, 2.24) is 0 Å². The number of halogens is 1. The average molecular weight is 319 g/mol. The predicted molar refractivity (Wildman–Crippen MR) is 64.1 cm³/mol. The van der Waals surface area contributed by atoms with Crippen molar-refractivity contribution in [2.75, 3.05) is 10.5 Å². The van der Waals surface area contributed by atoms with Crippen molar-refractivity contribution in [1.29, 1.82) is 5.26 Å². The average Bonchev–Trinajstić information content (AvgIpc) is 2.15. The number of rotatable bonds is 4. The highest BCUT2D eigenvalue weighted by atomic mass is 79.9. The van der Waals surface area contributed by atoms with Gasteiger partial charge in [-0.05, 0) is 18.2 Å². The fraction of sp³-hybridized carbons (Fsp3) is 0.111. The van der Waals surface area contributed by atoms with Crippen LogP contribution in [-0.4, -0.2) is 25.2 Å². The second-order valence-corrected chi connectivity index (χ2v) is 5.65. The Morgan fingerprint density at radius 1 is 1.53 bits per heavy atom. The van der Waals surface area contributed by atoms with Crippen molar-refractivity contribution in [3.05, 3.63) is 28.2 Å². The summed E-state index contributed by atoms with van der Waals surface area (Å²) in [6.07, 6.45) is 0. The first-order chi connectivity index (χ1) is 7.85. The van der Waals surface area contributed by atoms with Gasteiger partial charge in [0.2, 0.25) is 10.0 Å². The minimum absolute atomic E-state index is 0.0814. The van der Waals surface area contributed by atoms with E-state index in [2.05, 4.69) is 15.9 Å². The number of hydrogen-bond donors (Lipinski definition) is 2. The minimum Gasteiger partial charge on any atom is -0.478 e. The molecule has 1 aromatic carbocycles. The zero-order chi connectivity index (χ0) is 13.1. The molecule has 0 amide bonds. The van der Waals surface area contributed by atoms with Gasteiger partial charge >= 0.3 is 5.97 Å². The maximum absolute atomic E-state index is 11.3. The maximum atomic E-state index is 11.3. The Morgan fingerprint density at radius 3 is 2.71 bits per heavy atom. The van der Waals surface area contributed by atoms with Gasteiger partial charge in [0.25, 0.3) is 0 Å². The number of anilines is 1. The highest BCUT2D eigenvalue weighted by molar-refractivity contribution is 9.10. The number of aromatic carboxylic acids is 1. The Hall–Kier alpha value is -1.59. The molecule has 0 saturated heterocycles. The molecule has 0 atom stereocenters. The molecule has 90 valence electrons. The SMILES string of the molecule is N#CCS(=O)(=O)Nc1cc(Br)ccc1C(=O)O. The summed E-state index contributed by atoms with van der Waals surface area (Å²) in [6.45, 7) is 0. The summed E-state index contributed by atoms with van der Waals surface area (Å²) in [6, 6.07) is 5.54. The molecule has 0 fully saturated rings. The summed E-state index contributed by atoms with van der Waals surface area (Å²) >= 11 is 3.10. The van der Waals surface area contributed by atoms with Crippen molar-refractivity contribution in [2.24, 2.45) is 0 Å². The summed E-state index contributed by atoms with van der Waals surface area (Å²) in [4.78, 5) is 10.9. The van der Waals surface area contributed by atoms with E-state index in [0.29, 0.717) is 4.47 Å². The standard InChI is InChI=1S/C9H7BrN2O4S/c10-6-1-2-7(9(13)14)8(5-6)12-17(15,16)4-3-11/h1-2,5,12H,4H2,(H,13,14).